The number of rotatable bonds is 4. The molecule has 3 aromatic heterocycles. The van der Waals surface area contributed by atoms with Crippen LogP contribution in [0.2, 0.25) is 0 Å². The molecule has 0 atom stereocenters. The summed E-state index contributed by atoms with van der Waals surface area (Å²) in [4.78, 5) is 27.4. The molecule has 1 aliphatic heterocycles. The molecular weight excluding hydrogens is 439 g/mol. The predicted octanol–water partition coefficient (Wildman–Crippen LogP) is 3.54. The highest BCUT2D eigenvalue weighted by Crippen LogP contribution is 2.25. The van der Waals surface area contributed by atoms with Gasteiger partial charge in [-0.2, -0.15) is 24.5 Å². The van der Waals surface area contributed by atoms with Crippen LogP contribution in [0.5, 0.6) is 5.88 Å². The molecule has 31 heavy (non-hydrogen) atoms. The number of carbonyl (C=O) groups excluding carboxylic acids is 1. The summed E-state index contributed by atoms with van der Waals surface area (Å²) in [6.45, 7) is 1.40. The second kappa shape index (κ2) is 9.60. The average molecular weight is 455 g/mol. The Bertz CT molecular complexity index is 1020. The molecule has 1 N–H and O–H groups in total. The quantitative estimate of drug-likeness (QED) is 0.641. The molecule has 0 saturated heterocycles. The molecule has 4 heterocycles. The van der Waals surface area contributed by atoms with Crippen molar-refractivity contribution in [1.82, 2.24) is 15.0 Å². The number of halogens is 3. The monoisotopic (exact) mass is 455 g/mol. The molecule has 1 aliphatic rings. The van der Waals surface area contributed by atoms with Crippen LogP contribution in [0, 0.1) is 0 Å². The van der Waals surface area contributed by atoms with E-state index in [1.54, 1.807) is 12.3 Å². The van der Waals surface area contributed by atoms with Crippen molar-refractivity contribution >= 4 is 23.2 Å². The Kier molecular flexibility index (Phi) is 6.90. The third kappa shape index (κ3) is 5.81. The van der Waals surface area contributed by atoms with Crippen molar-refractivity contribution in [3.8, 4) is 5.88 Å². The van der Waals surface area contributed by atoms with E-state index < -0.39 is 12.1 Å². The fourth-order valence-electron chi connectivity index (χ4n) is 2.69. The molecular formula is C19H16F3N3O5S. The molecule has 0 aromatic carbocycles. The summed E-state index contributed by atoms with van der Waals surface area (Å²) in [5.41, 5.74) is 2.39. The third-order valence-electron chi connectivity index (χ3n) is 4.20. The molecule has 0 unspecified atom stereocenters. The number of fused-ring (bicyclic) bond motifs is 1. The van der Waals surface area contributed by atoms with E-state index in [-0.39, 0.29) is 12.5 Å². The van der Waals surface area contributed by atoms with Gasteiger partial charge in [-0.3, -0.25) is 4.79 Å². The number of alkyl halides is 3. The third-order valence-corrected chi connectivity index (χ3v) is 4.88. The first kappa shape index (κ1) is 22.3. The Morgan fingerprint density at radius 2 is 2.06 bits per heavy atom. The van der Waals surface area contributed by atoms with Gasteiger partial charge in [0.2, 0.25) is 5.88 Å². The Morgan fingerprint density at radius 1 is 1.29 bits per heavy atom. The van der Waals surface area contributed by atoms with Gasteiger partial charge in [-0.05, 0) is 17.5 Å². The molecule has 0 radical (unpaired) electrons. The van der Waals surface area contributed by atoms with Crippen molar-refractivity contribution in [2.75, 3.05) is 6.54 Å². The molecule has 164 valence electrons. The maximum absolute atomic E-state index is 12.5. The lowest BCUT2D eigenvalue weighted by Gasteiger charge is -2.26. The Balaban J connectivity index is 0.000000339. The number of amides is 1. The van der Waals surface area contributed by atoms with Crippen molar-refractivity contribution < 1.29 is 37.1 Å². The van der Waals surface area contributed by atoms with Crippen LogP contribution in [0.1, 0.15) is 27.4 Å². The smallest absolute Gasteiger partial charge is 0.475 e. The van der Waals surface area contributed by atoms with Crippen molar-refractivity contribution in [1.29, 1.82) is 0 Å². The molecule has 4 rings (SSSR count). The van der Waals surface area contributed by atoms with Gasteiger partial charge in [-0.1, -0.05) is 11.2 Å². The average Bonchev–Trinajstić information content (AvgIpc) is 3.42. The van der Waals surface area contributed by atoms with Crippen molar-refractivity contribution in [3.05, 3.63) is 63.8 Å². The van der Waals surface area contributed by atoms with E-state index in [4.69, 9.17) is 19.2 Å². The van der Waals surface area contributed by atoms with E-state index in [2.05, 4.69) is 10.1 Å². The zero-order valence-electron chi connectivity index (χ0n) is 15.8. The zero-order valence-corrected chi connectivity index (χ0v) is 16.7. The number of pyridine rings is 1. The summed E-state index contributed by atoms with van der Waals surface area (Å²) >= 11 is 1.52. The summed E-state index contributed by atoms with van der Waals surface area (Å²) in [6.07, 6.45) is -2.74. The molecule has 12 heteroatoms. The SMILES string of the molecule is O=C(O)C(F)(F)F.O=C(c1ccsc1)N1CCc2onc(COc3ccccn3)c2C1. The molecule has 0 fully saturated rings. The summed E-state index contributed by atoms with van der Waals surface area (Å²) in [7, 11) is 0. The van der Waals surface area contributed by atoms with Gasteiger partial charge in [0.1, 0.15) is 18.1 Å². The second-order valence-corrected chi connectivity index (χ2v) is 7.06. The Labute approximate surface area is 177 Å². The molecule has 0 aliphatic carbocycles. The van der Waals surface area contributed by atoms with Gasteiger partial charge >= 0.3 is 12.1 Å². The topological polar surface area (TPSA) is 106 Å². The lowest BCUT2D eigenvalue weighted by atomic mass is 10.1. The molecule has 0 spiro atoms. The van der Waals surface area contributed by atoms with Crippen LogP contribution in [0.25, 0.3) is 0 Å². The van der Waals surface area contributed by atoms with Crippen LogP contribution >= 0.6 is 11.3 Å². The summed E-state index contributed by atoms with van der Waals surface area (Å²) in [5.74, 6) is -1.34. The number of thiophene rings is 1. The van der Waals surface area contributed by atoms with Crippen LogP contribution in [0.15, 0.2) is 45.7 Å². The molecule has 3 aromatic rings. The molecule has 0 bridgehead atoms. The fourth-order valence-corrected chi connectivity index (χ4v) is 3.32. The predicted molar refractivity (Wildman–Crippen MR) is 102 cm³/mol. The number of carbonyl (C=O) groups is 2. The summed E-state index contributed by atoms with van der Waals surface area (Å²) in [6, 6.07) is 7.33. The Hall–Kier alpha value is -3.41. The number of ether oxygens (including phenoxy) is 1. The van der Waals surface area contributed by atoms with Crippen LogP contribution in [0.3, 0.4) is 0 Å². The Morgan fingerprint density at radius 3 is 2.68 bits per heavy atom. The number of aromatic nitrogens is 2. The van der Waals surface area contributed by atoms with Gasteiger partial charge in [-0.15, -0.1) is 0 Å². The highest BCUT2D eigenvalue weighted by atomic mass is 32.1. The van der Waals surface area contributed by atoms with Crippen LogP contribution in [-0.2, 0) is 24.4 Å². The van der Waals surface area contributed by atoms with E-state index in [0.717, 1.165) is 22.6 Å². The van der Waals surface area contributed by atoms with E-state index in [1.807, 2.05) is 33.9 Å². The van der Waals surface area contributed by atoms with Gasteiger partial charge in [-0.25, -0.2) is 9.78 Å². The molecule has 0 saturated carbocycles. The maximum Gasteiger partial charge on any atom is 0.490 e. The lowest BCUT2D eigenvalue weighted by molar-refractivity contribution is -0.192. The summed E-state index contributed by atoms with van der Waals surface area (Å²) < 4.78 is 42.8. The number of aliphatic carboxylic acids is 1. The van der Waals surface area contributed by atoms with Gasteiger partial charge in [0.05, 0.1) is 12.1 Å². The van der Waals surface area contributed by atoms with Crippen molar-refractivity contribution in [3.63, 3.8) is 0 Å². The van der Waals surface area contributed by atoms with Gasteiger partial charge in [0.25, 0.3) is 5.91 Å². The largest absolute Gasteiger partial charge is 0.490 e. The lowest BCUT2D eigenvalue weighted by Crippen LogP contribution is -2.35. The standard InChI is InChI=1S/C17H15N3O3S.C2HF3O2/c21-17(12-5-8-24-11-12)20-7-4-15-13(9-20)14(19-23-15)10-22-16-3-1-2-6-18-16;3-2(4,5)1(6)7/h1-3,5-6,8,11H,4,7,9-10H2;(H,6,7). The highest BCUT2D eigenvalue weighted by Gasteiger charge is 2.38. The van der Waals surface area contributed by atoms with Gasteiger partial charge in [0.15, 0.2) is 0 Å². The second-order valence-electron chi connectivity index (χ2n) is 6.28. The molecule has 8 nitrogen and oxygen atoms in total. The number of hydrogen-bond acceptors (Lipinski definition) is 7. The van der Waals surface area contributed by atoms with Crippen LogP contribution < -0.4 is 4.74 Å². The number of hydrogen-bond donors (Lipinski definition) is 1. The van der Waals surface area contributed by atoms with Crippen molar-refractivity contribution in [2.45, 2.75) is 25.7 Å². The van der Waals surface area contributed by atoms with E-state index in [0.29, 0.717) is 25.4 Å². The van der Waals surface area contributed by atoms with E-state index in [1.165, 1.54) is 11.3 Å². The first-order valence-electron chi connectivity index (χ1n) is 8.87. The first-order valence-corrected chi connectivity index (χ1v) is 9.81. The number of carboxylic acids is 1. The minimum Gasteiger partial charge on any atom is -0.475 e. The van der Waals surface area contributed by atoms with Crippen LogP contribution in [-0.4, -0.2) is 44.7 Å². The molecule has 1 amide bonds. The van der Waals surface area contributed by atoms with Gasteiger partial charge < -0.3 is 19.3 Å². The zero-order chi connectivity index (χ0) is 22.4. The minimum absolute atomic E-state index is 0.0414. The normalized spacial score (nSPS) is 13.1. The minimum atomic E-state index is -5.08. The summed E-state index contributed by atoms with van der Waals surface area (Å²) in [5, 5.41) is 15.0. The van der Waals surface area contributed by atoms with Crippen LogP contribution in [0.4, 0.5) is 13.2 Å². The number of carboxylic acid groups (broad SMARTS) is 1. The number of nitrogens with zero attached hydrogens (tertiary/aromatic N) is 3. The fraction of sp³-hybridized carbons (Fsp3) is 0.263. The van der Waals surface area contributed by atoms with Crippen molar-refractivity contribution in [2.24, 2.45) is 0 Å². The van der Waals surface area contributed by atoms with Gasteiger partial charge in [0, 0.05) is 36.2 Å². The highest BCUT2D eigenvalue weighted by molar-refractivity contribution is 7.08. The van der Waals surface area contributed by atoms with E-state index >= 15 is 0 Å². The maximum atomic E-state index is 12.5. The first-order chi connectivity index (χ1) is 14.8. The van der Waals surface area contributed by atoms with E-state index in [9.17, 15) is 18.0 Å².